The highest BCUT2D eigenvalue weighted by Gasteiger charge is 2.58. The van der Waals surface area contributed by atoms with E-state index in [1.807, 2.05) is 0 Å². The number of carbonyl (C=O) groups excluding carboxylic acids is 9. The van der Waals surface area contributed by atoms with Gasteiger partial charge in [0.15, 0.2) is 42.2 Å². The van der Waals surface area contributed by atoms with E-state index in [-0.39, 0.29) is 11.1 Å². The summed E-state index contributed by atoms with van der Waals surface area (Å²) in [6.07, 6.45) is -16.3. The number of ketones is 2. The minimum absolute atomic E-state index is 0.00675. The number of ether oxygens (including phenoxy) is 11. The normalized spacial score (nSPS) is 28.3. The SMILES string of the molecule is CC(=O)OC[C@H]1O[C@@H](O[C@H]2[C@H](OC(C)=O)[C@@H](OC(C)=O)[C@H](OC3=CC(=O)c4ccccc4C3=O)O[C@@H]2COC(C)=O)[C@H](OC(C)=O)[C@@H](OC(C)=O)[C@H]1OC(C)=O. The molecule has 2 fully saturated rings. The molecule has 0 N–H and O–H groups in total. The molecule has 0 radical (unpaired) electrons. The van der Waals surface area contributed by atoms with Crippen molar-refractivity contribution in [3.63, 3.8) is 0 Å². The zero-order chi connectivity index (χ0) is 41.4. The van der Waals surface area contributed by atoms with E-state index >= 15 is 0 Å². The maximum absolute atomic E-state index is 13.5. The Morgan fingerprint density at radius 3 is 1.43 bits per heavy atom. The van der Waals surface area contributed by atoms with Crippen molar-refractivity contribution in [1.82, 2.24) is 0 Å². The summed E-state index contributed by atoms with van der Waals surface area (Å²) in [5.74, 6) is -8.26. The van der Waals surface area contributed by atoms with Crippen LogP contribution in [0.25, 0.3) is 0 Å². The van der Waals surface area contributed by atoms with Gasteiger partial charge in [-0.2, -0.15) is 0 Å². The van der Waals surface area contributed by atoms with Gasteiger partial charge in [-0.3, -0.25) is 43.2 Å². The van der Waals surface area contributed by atoms with Crippen LogP contribution >= 0.6 is 0 Å². The van der Waals surface area contributed by atoms with Crippen molar-refractivity contribution in [3.8, 4) is 0 Å². The number of benzene rings is 1. The second kappa shape index (κ2) is 18.7. The number of rotatable bonds is 13. The quantitative estimate of drug-likeness (QED) is 0.196. The zero-order valence-electron chi connectivity index (χ0n) is 31.2. The fourth-order valence-corrected chi connectivity index (χ4v) is 6.07. The summed E-state index contributed by atoms with van der Waals surface area (Å²) < 4.78 is 62.1. The monoisotopic (exact) mass is 792 g/mol. The van der Waals surface area contributed by atoms with Gasteiger partial charge in [0.25, 0.3) is 0 Å². The number of hydrogen-bond acceptors (Lipinski definition) is 20. The lowest BCUT2D eigenvalue weighted by Crippen LogP contribution is -2.67. The van der Waals surface area contributed by atoms with Crippen LogP contribution in [-0.2, 0) is 85.7 Å². The lowest BCUT2D eigenvalue weighted by atomic mass is 9.93. The van der Waals surface area contributed by atoms with Gasteiger partial charge in [-0.25, -0.2) is 0 Å². The summed E-state index contributed by atoms with van der Waals surface area (Å²) in [7, 11) is 0. The Morgan fingerprint density at radius 2 is 0.929 bits per heavy atom. The van der Waals surface area contributed by atoms with E-state index in [9.17, 15) is 43.2 Å². The third-order valence-corrected chi connectivity index (χ3v) is 8.05. The van der Waals surface area contributed by atoms with Crippen molar-refractivity contribution in [2.75, 3.05) is 13.2 Å². The highest BCUT2D eigenvalue weighted by Crippen LogP contribution is 2.37. The standard InChI is InChI=1S/C36H40O20/c1-15(37)46-13-26-29(48-17(3)39)31(49-18(4)40)34(52-21(7)43)36(55-26)56-30-27(14-47-16(2)38)54-35(33(51-20(6)42)32(30)50-19(5)41)53-25-12-24(44)22-10-8-9-11-23(22)28(25)45/h8-12,26-27,29-36H,13-14H2,1-7H3/t26-,27-,29+,30-,31+,32+,33-,34-,35-,36+/m1/s1. The van der Waals surface area contributed by atoms with Crippen molar-refractivity contribution in [3.05, 3.63) is 47.2 Å². The van der Waals surface area contributed by atoms with Crippen molar-refractivity contribution >= 4 is 53.4 Å². The lowest BCUT2D eigenvalue weighted by molar-refractivity contribution is -0.358. The molecule has 1 aliphatic carbocycles. The van der Waals surface area contributed by atoms with Gasteiger partial charge < -0.3 is 52.1 Å². The molecule has 20 heteroatoms. The first-order valence-corrected chi connectivity index (χ1v) is 17.0. The summed E-state index contributed by atoms with van der Waals surface area (Å²) in [6.45, 7) is 5.83. The van der Waals surface area contributed by atoms with Gasteiger partial charge in [0.05, 0.1) is 0 Å². The van der Waals surface area contributed by atoms with Crippen molar-refractivity contribution in [2.24, 2.45) is 0 Å². The largest absolute Gasteiger partial charge is 0.463 e. The molecule has 2 saturated heterocycles. The predicted molar refractivity (Wildman–Crippen MR) is 178 cm³/mol. The van der Waals surface area contributed by atoms with E-state index in [2.05, 4.69) is 0 Å². The molecular weight excluding hydrogens is 752 g/mol. The maximum atomic E-state index is 13.5. The molecular formula is C36H40O20. The van der Waals surface area contributed by atoms with Gasteiger partial charge in [0, 0.05) is 65.7 Å². The minimum atomic E-state index is -1.89. The molecule has 20 nitrogen and oxygen atoms in total. The molecule has 56 heavy (non-hydrogen) atoms. The maximum Gasteiger partial charge on any atom is 0.303 e. The summed E-state index contributed by atoms with van der Waals surface area (Å²) in [6, 6.07) is 5.90. The fraction of sp³-hybridized carbons (Fsp3) is 0.528. The highest BCUT2D eigenvalue weighted by molar-refractivity contribution is 6.23. The van der Waals surface area contributed by atoms with Gasteiger partial charge >= 0.3 is 41.8 Å². The van der Waals surface area contributed by atoms with E-state index < -0.39 is 134 Å². The topological polar surface area (TPSA) is 255 Å². The number of Topliss-reactive ketones (excluding diaryl/α,β-unsaturated/α-hetero) is 1. The Morgan fingerprint density at radius 1 is 0.518 bits per heavy atom. The second-order valence-corrected chi connectivity index (χ2v) is 12.5. The summed E-state index contributed by atoms with van der Waals surface area (Å²) in [4.78, 5) is 112. The van der Waals surface area contributed by atoms with Crippen LogP contribution < -0.4 is 0 Å². The van der Waals surface area contributed by atoms with E-state index in [4.69, 9.17) is 52.1 Å². The number of allylic oxidation sites excluding steroid dienone is 2. The first kappa shape index (κ1) is 43.0. The van der Waals surface area contributed by atoms with Crippen LogP contribution in [0.3, 0.4) is 0 Å². The van der Waals surface area contributed by atoms with Crippen LogP contribution in [0.4, 0.5) is 0 Å². The molecule has 10 atom stereocenters. The predicted octanol–water partition coefficient (Wildman–Crippen LogP) is 0.586. The van der Waals surface area contributed by atoms with Gasteiger partial charge in [-0.05, 0) is 0 Å². The van der Waals surface area contributed by atoms with Crippen molar-refractivity contribution < 1.29 is 95.3 Å². The average molecular weight is 793 g/mol. The third kappa shape index (κ3) is 10.9. The van der Waals surface area contributed by atoms with Crippen LogP contribution in [-0.4, -0.2) is 128 Å². The molecule has 1 aromatic rings. The zero-order valence-corrected chi connectivity index (χ0v) is 31.2. The van der Waals surface area contributed by atoms with Gasteiger partial charge in [0.2, 0.25) is 18.2 Å². The molecule has 0 aromatic heterocycles. The molecule has 0 saturated carbocycles. The highest BCUT2D eigenvalue weighted by atomic mass is 16.8. The van der Waals surface area contributed by atoms with Crippen molar-refractivity contribution in [1.29, 1.82) is 0 Å². The number of carbonyl (C=O) groups is 9. The van der Waals surface area contributed by atoms with Crippen LogP contribution in [0.1, 0.15) is 69.2 Å². The number of esters is 7. The molecule has 0 bridgehead atoms. The Bertz CT molecular complexity index is 1770. The fourth-order valence-electron chi connectivity index (χ4n) is 6.07. The Kier molecular flexibility index (Phi) is 14.4. The summed E-state index contributed by atoms with van der Waals surface area (Å²) >= 11 is 0. The molecule has 0 spiro atoms. The first-order chi connectivity index (χ1) is 26.4. The van der Waals surface area contributed by atoms with Gasteiger partial charge in [-0.1, -0.05) is 24.3 Å². The minimum Gasteiger partial charge on any atom is -0.463 e. The summed E-state index contributed by atoms with van der Waals surface area (Å²) in [5, 5.41) is 0. The molecule has 0 unspecified atom stereocenters. The Hall–Kier alpha value is -5.73. The molecule has 3 aliphatic rings. The van der Waals surface area contributed by atoms with E-state index in [1.165, 1.54) is 18.2 Å². The van der Waals surface area contributed by atoms with Crippen LogP contribution in [0.15, 0.2) is 36.1 Å². The smallest absolute Gasteiger partial charge is 0.303 e. The third-order valence-electron chi connectivity index (χ3n) is 8.05. The van der Waals surface area contributed by atoms with E-state index in [1.54, 1.807) is 6.07 Å². The first-order valence-electron chi connectivity index (χ1n) is 17.0. The van der Waals surface area contributed by atoms with Gasteiger partial charge in [0.1, 0.15) is 31.5 Å². The summed E-state index contributed by atoms with van der Waals surface area (Å²) in [5.41, 5.74) is 0.0856. The Labute approximate surface area is 318 Å². The van der Waals surface area contributed by atoms with Crippen molar-refractivity contribution in [2.45, 2.75) is 110 Å². The Balaban J connectivity index is 1.82. The lowest BCUT2D eigenvalue weighted by Gasteiger charge is -2.48. The molecule has 4 rings (SSSR count). The van der Waals surface area contributed by atoms with Crippen LogP contribution in [0.5, 0.6) is 0 Å². The van der Waals surface area contributed by atoms with E-state index in [0.29, 0.717) is 0 Å². The van der Waals surface area contributed by atoms with Gasteiger partial charge in [-0.15, -0.1) is 0 Å². The number of fused-ring (bicyclic) bond motifs is 1. The molecule has 304 valence electrons. The molecule has 0 amide bonds. The second-order valence-electron chi connectivity index (χ2n) is 12.5. The molecule has 2 heterocycles. The van der Waals surface area contributed by atoms with Crippen LogP contribution in [0.2, 0.25) is 0 Å². The van der Waals surface area contributed by atoms with Crippen LogP contribution in [0, 0.1) is 0 Å². The molecule has 2 aliphatic heterocycles. The average Bonchev–Trinajstić information content (AvgIpc) is 3.09. The van der Waals surface area contributed by atoms with E-state index in [0.717, 1.165) is 54.5 Å². The molecule has 1 aromatic carbocycles. The number of hydrogen-bond donors (Lipinski definition) is 0.